The van der Waals surface area contributed by atoms with Crippen molar-refractivity contribution >= 4 is 23.2 Å². The summed E-state index contributed by atoms with van der Waals surface area (Å²) in [6, 6.07) is 10.2. The van der Waals surface area contributed by atoms with Crippen LogP contribution in [0.2, 0.25) is 5.02 Å². The molecule has 2 fully saturated rings. The molecule has 1 aromatic carbocycles. The maximum atomic E-state index is 13.1. The SMILES string of the molecule is C[C@H](C(=O)N(C)C1(C#N)CCCCC1)N1CCN(c2cccc(Cl)c2)CC1. The molecular formula is C21H29ClN4O. The molecule has 0 bridgehead atoms. The molecule has 0 aromatic heterocycles. The lowest BCUT2D eigenvalue weighted by Gasteiger charge is -2.43. The minimum atomic E-state index is -0.619. The van der Waals surface area contributed by atoms with Crippen molar-refractivity contribution in [3.63, 3.8) is 0 Å². The van der Waals surface area contributed by atoms with Crippen molar-refractivity contribution in [1.29, 1.82) is 5.26 Å². The maximum absolute atomic E-state index is 13.1. The lowest BCUT2D eigenvalue weighted by molar-refractivity contribution is -0.140. The first-order chi connectivity index (χ1) is 13.0. The molecule has 1 atom stereocenters. The molecule has 1 aliphatic carbocycles. The highest BCUT2D eigenvalue weighted by Crippen LogP contribution is 2.33. The molecule has 0 radical (unpaired) electrons. The second kappa shape index (κ2) is 8.50. The van der Waals surface area contributed by atoms with Gasteiger partial charge in [-0.05, 0) is 38.0 Å². The predicted molar refractivity (Wildman–Crippen MR) is 109 cm³/mol. The third-order valence-electron chi connectivity index (χ3n) is 6.25. The van der Waals surface area contributed by atoms with Gasteiger partial charge in [0.05, 0.1) is 12.1 Å². The zero-order chi connectivity index (χ0) is 19.4. The van der Waals surface area contributed by atoms with Gasteiger partial charge in [-0.15, -0.1) is 0 Å². The highest BCUT2D eigenvalue weighted by atomic mass is 35.5. The first kappa shape index (κ1) is 20.0. The van der Waals surface area contributed by atoms with Crippen LogP contribution in [-0.2, 0) is 4.79 Å². The Morgan fingerprint density at radius 2 is 1.89 bits per heavy atom. The number of likely N-dealkylation sites (N-methyl/N-ethyl adjacent to an activating group) is 1. The van der Waals surface area contributed by atoms with Crippen LogP contribution >= 0.6 is 11.6 Å². The van der Waals surface area contributed by atoms with Crippen LogP contribution in [0.4, 0.5) is 5.69 Å². The summed E-state index contributed by atoms with van der Waals surface area (Å²) < 4.78 is 0. The molecule has 2 aliphatic rings. The van der Waals surface area contributed by atoms with Gasteiger partial charge in [0.25, 0.3) is 0 Å². The molecule has 146 valence electrons. The quantitative estimate of drug-likeness (QED) is 0.791. The summed E-state index contributed by atoms with van der Waals surface area (Å²) in [5, 5.41) is 10.5. The van der Waals surface area contributed by atoms with Gasteiger partial charge in [-0.3, -0.25) is 9.69 Å². The van der Waals surface area contributed by atoms with Gasteiger partial charge in [-0.2, -0.15) is 5.26 Å². The van der Waals surface area contributed by atoms with E-state index in [1.54, 1.807) is 4.90 Å². The Balaban J connectivity index is 1.60. The molecule has 1 amide bonds. The summed E-state index contributed by atoms with van der Waals surface area (Å²) in [6.07, 6.45) is 4.80. The monoisotopic (exact) mass is 388 g/mol. The van der Waals surface area contributed by atoms with Gasteiger partial charge in [-0.1, -0.05) is 36.9 Å². The van der Waals surface area contributed by atoms with Gasteiger partial charge >= 0.3 is 0 Å². The second-order valence-corrected chi connectivity index (χ2v) is 8.22. The number of carbonyl (C=O) groups excluding carboxylic acids is 1. The van der Waals surface area contributed by atoms with Crippen LogP contribution < -0.4 is 4.90 Å². The standard InChI is InChI=1S/C21H29ClN4O/c1-17(20(27)24(2)21(16-23)9-4-3-5-10-21)25-11-13-26(14-12-25)19-8-6-7-18(22)15-19/h6-8,15,17H,3-5,9-14H2,1-2H3/t17-/m1/s1. The minimum absolute atomic E-state index is 0.0645. The average molecular weight is 389 g/mol. The molecule has 1 saturated heterocycles. The van der Waals surface area contributed by atoms with Crippen molar-refractivity contribution in [2.24, 2.45) is 0 Å². The Labute approximate surface area is 167 Å². The van der Waals surface area contributed by atoms with Crippen molar-refractivity contribution in [1.82, 2.24) is 9.80 Å². The molecule has 1 aliphatic heterocycles. The second-order valence-electron chi connectivity index (χ2n) is 7.78. The first-order valence-corrected chi connectivity index (χ1v) is 10.3. The van der Waals surface area contributed by atoms with Crippen molar-refractivity contribution in [3.8, 4) is 6.07 Å². The summed E-state index contributed by atoms with van der Waals surface area (Å²) >= 11 is 6.11. The smallest absolute Gasteiger partial charge is 0.240 e. The molecule has 1 saturated carbocycles. The first-order valence-electron chi connectivity index (χ1n) is 9.90. The van der Waals surface area contributed by atoms with E-state index in [0.717, 1.165) is 69.0 Å². The van der Waals surface area contributed by atoms with Gasteiger partial charge in [-0.25, -0.2) is 0 Å². The van der Waals surface area contributed by atoms with E-state index in [-0.39, 0.29) is 11.9 Å². The number of carbonyl (C=O) groups is 1. The zero-order valence-corrected chi connectivity index (χ0v) is 17.1. The van der Waals surface area contributed by atoms with E-state index in [2.05, 4.69) is 21.9 Å². The predicted octanol–water partition coefficient (Wildman–Crippen LogP) is 3.54. The lowest BCUT2D eigenvalue weighted by atomic mass is 9.81. The highest BCUT2D eigenvalue weighted by Gasteiger charge is 2.41. The third kappa shape index (κ3) is 4.23. The number of anilines is 1. The van der Waals surface area contributed by atoms with E-state index in [1.165, 1.54) is 0 Å². The summed E-state index contributed by atoms with van der Waals surface area (Å²) in [5.41, 5.74) is 0.510. The van der Waals surface area contributed by atoms with Crippen LogP contribution in [0.25, 0.3) is 0 Å². The van der Waals surface area contributed by atoms with Crippen LogP contribution in [0.1, 0.15) is 39.0 Å². The number of hydrogen-bond acceptors (Lipinski definition) is 4. The number of hydrogen-bond donors (Lipinski definition) is 0. The minimum Gasteiger partial charge on any atom is -0.369 e. The highest BCUT2D eigenvalue weighted by molar-refractivity contribution is 6.30. The van der Waals surface area contributed by atoms with Crippen molar-refractivity contribution in [3.05, 3.63) is 29.3 Å². The normalized spacial score (nSPS) is 21.3. The Bertz CT molecular complexity index is 702. The van der Waals surface area contributed by atoms with Crippen molar-refractivity contribution in [2.75, 3.05) is 38.1 Å². The molecule has 0 unspecified atom stereocenters. The van der Waals surface area contributed by atoms with Crippen molar-refractivity contribution in [2.45, 2.75) is 50.6 Å². The molecule has 3 rings (SSSR count). The largest absolute Gasteiger partial charge is 0.369 e. The number of piperazine rings is 1. The summed E-state index contributed by atoms with van der Waals surface area (Å²) in [5.74, 6) is 0.0645. The summed E-state index contributed by atoms with van der Waals surface area (Å²) in [7, 11) is 1.82. The third-order valence-corrected chi connectivity index (χ3v) is 6.49. The van der Waals surface area contributed by atoms with E-state index < -0.39 is 5.54 Å². The van der Waals surface area contributed by atoms with Crippen LogP contribution in [0.15, 0.2) is 24.3 Å². The Morgan fingerprint density at radius 3 is 2.48 bits per heavy atom. The van der Waals surface area contributed by atoms with E-state index in [0.29, 0.717) is 0 Å². The molecule has 0 spiro atoms. The molecule has 27 heavy (non-hydrogen) atoms. The number of nitriles is 1. The Hall–Kier alpha value is -1.77. The summed E-state index contributed by atoms with van der Waals surface area (Å²) in [4.78, 5) is 19.4. The van der Waals surface area contributed by atoms with Gasteiger partial charge in [0.15, 0.2) is 0 Å². The Kier molecular flexibility index (Phi) is 6.29. The van der Waals surface area contributed by atoms with Gasteiger partial charge < -0.3 is 9.80 Å². The van der Waals surface area contributed by atoms with E-state index >= 15 is 0 Å². The molecule has 0 N–H and O–H groups in total. The van der Waals surface area contributed by atoms with Gasteiger partial charge in [0, 0.05) is 43.9 Å². The molecule has 5 nitrogen and oxygen atoms in total. The van der Waals surface area contributed by atoms with E-state index in [9.17, 15) is 10.1 Å². The molecular weight excluding hydrogens is 360 g/mol. The number of nitrogens with zero attached hydrogens (tertiary/aromatic N) is 4. The summed E-state index contributed by atoms with van der Waals surface area (Å²) in [6.45, 7) is 5.36. The lowest BCUT2D eigenvalue weighted by Crippen LogP contribution is -2.58. The molecule has 1 heterocycles. The zero-order valence-electron chi connectivity index (χ0n) is 16.3. The van der Waals surface area contributed by atoms with E-state index in [1.807, 2.05) is 32.2 Å². The van der Waals surface area contributed by atoms with Crippen LogP contribution in [0.3, 0.4) is 0 Å². The van der Waals surface area contributed by atoms with Crippen LogP contribution in [0, 0.1) is 11.3 Å². The van der Waals surface area contributed by atoms with Crippen LogP contribution in [-0.4, -0.2) is 60.5 Å². The Morgan fingerprint density at radius 1 is 1.22 bits per heavy atom. The fraction of sp³-hybridized carbons (Fsp3) is 0.619. The molecule has 6 heteroatoms. The topological polar surface area (TPSA) is 50.6 Å². The van der Waals surface area contributed by atoms with Gasteiger partial charge in [0.1, 0.15) is 5.54 Å². The van der Waals surface area contributed by atoms with Crippen molar-refractivity contribution < 1.29 is 4.79 Å². The molecule has 1 aromatic rings. The number of benzene rings is 1. The van der Waals surface area contributed by atoms with Crippen LogP contribution in [0.5, 0.6) is 0 Å². The van der Waals surface area contributed by atoms with Gasteiger partial charge in [0.2, 0.25) is 5.91 Å². The number of halogens is 1. The number of amides is 1. The average Bonchev–Trinajstić information content (AvgIpc) is 2.72. The van der Waals surface area contributed by atoms with E-state index in [4.69, 9.17) is 11.6 Å². The fourth-order valence-electron chi connectivity index (χ4n) is 4.35. The number of rotatable bonds is 4. The fourth-order valence-corrected chi connectivity index (χ4v) is 4.53. The maximum Gasteiger partial charge on any atom is 0.240 e.